The molecule has 1 aromatic carbocycles. The maximum absolute atomic E-state index is 12.6. The molecular weight excluding hydrogens is 169 g/mol. The maximum atomic E-state index is 12.6. The third kappa shape index (κ3) is 1.66. The highest BCUT2D eigenvalue weighted by molar-refractivity contribution is 5.53. The molecule has 64 valence electrons. The molecule has 0 fully saturated rings. The van der Waals surface area contributed by atoms with Crippen LogP contribution in [0.25, 0.3) is 11.4 Å². The van der Waals surface area contributed by atoms with E-state index in [1.54, 1.807) is 0 Å². The van der Waals surface area contributed by atoms with Crippen LogP contribution in [0, 0.1) is 6.08 Å². The molecule has 2 aromatic rings. The van der Waals surface area contributed by atoms with E-state index in [1.807, 2.05) is 30.3 Å². The molecule has 0 N–H and O–H groups in total. The Balaban J connectivity index is 2.48. The third-order valence-electron chi connectivity index (χ3n) is 1.57. The molecule has 1 heterocycles. The van der Waals surface area contributed by atoms with Gasteiger partial charge in [0.2, 0.25) is 0 Å². The zero-order valence-electron chi connectivity index (χ0n) is 6.68. The van der Waals surface area contributed by atoms with Crippen molar-refractivity contribution in [2.75, 3.05) is 0 Å². The molecule has 0 saturated heterocycles. The van der Waals surface area contributed by atoms with Gasteiger partial charge >= 0.3 is 6.08 Å². The molecule has 4 heteroatoms. The van der Waals surface area contributed by atoms with Crippen molar-refractivity contribution in [1.29, 1.82) is 0 Å². The number of rotatable bonds is 1. The van der Waals surface area contributed by atoms with Crippen LogP contribution in [-0.4, -0.2) is 15.0 Å². The molecule has 13 heavy (non-hydrogen) atoms. The van der Waals surface area contributed by atoms with E-state index in [-0.39, 0.29) is 0 Å². The Hall–Kier alpha value is -1.84. The summed E-state index contributed by atoms with van der Waals surface area (Å²) in [6, 6.07) is 9.19. The fourth-order valence-corrected chi connectivity index (χ4v) is 1.00. The van der Waals surface area contributed by atoms with Crippen molar-refractivity contribution in [3.05, 3.63) is 42.7 Å². The molecule has 1 aromatic heterocycles. The Kier molecular flexibility index (Phi) is 1.96. The van der Waals surface area contributed by atoms with E-state index in [0.29, 0.717) is 5.82 Å². The second kappa shape index (κ2) is 3.26. The van der Waals surface area contributed by atoms with E-state index in [0.717, 1.165) is 11.9 Å². The molecular formula is C9H6FN3. The van der Waals surface area contributed by atoms with E-state index >= 15 is 0 Å². The SMILES string of the molecule is Fc1ncnc(-c2ccccc2)n1. The zero-order valence-corrected chi connectivity index (χ0v) is 6.68. The first-order chi connectivity index (χ1) is 6.36. The predicted molar refractivity (Wildman–Crippen MR) is 45.2 cm³/mol. The van der Waals surface area contributed by atoms with Gasteiger partial charge in [-0.05, 0) is 0 Å². The van der Waals surface area contributed by atoms with Crippen LogP contribution in [-0.2, 0) is 0 Å². The smallest absolute Gasteiger partial charge is 0.216 e. The number of halogens is 1. The maximum Gasteiger partial charge on any atom is 0.312 e. The van der Waals surface area contributed by atoms with Gasteiger partial charge in [-0.25, -0.2) is 4.98 Å². The summed E-state index contributed by atoms with van der Waals surface area (Å²) in [5.41, 5.74) is 0.781. The molecule has 0 spiro atoms. The lowest BCUT2D eigenvalue weighted by molar-refractivity contribution is 0.534. The quantitative estimate of drug-likeness (QED) is 0.661. The van der Waals surface area contributed by atoms with Crippen molar-refractivity contribution < 1.29 is 4.39 Å². The Labute approximate surface area is 74.3 Å². The van der Waals surface area contributed by atoms with Crippen molar-refractivity contribution in [1.82, 2.24) is 15.0 Å². The van der Waals surface area contributed by atoms with Gasteiger partial charge in [0.25, 0.3) is 0 Å². The van der Waals surface area contributed by atoms with Crippen LogP contribution in [0.4, 0.5) is 4.39 Å². The topological polar surface area (TPSA) is 38.7 Å². The number of aromatic nitrogens is 3. The Morgan fingerprint density at radius 1 is 1.00 bits per heavy atom. The van der Waals surface area contributed by atoms with Gasteiger partial charge in [0.05, 0.1) is 0 Å². The lowest BCUT2D eigenvalue weighted by atomic mass is 10.2. The normalized spacial score (nSPS) is 9.92. The minimum Gasteiger partial charge on any atom is -0.216 e. The van der Waals surface area contributed by atoms with E-state index in [1.165, 1.54) is 0 Å². The van der Waals surface area contributed by atoms with Crippen LogP contribution in [0.1, 0.15) is 0 Å². The number of benzene rings is 1. The van der Waals surface area contributed by atoms with Gasteiger partial charge < -0.3 is 0 Å². The fraction of sp³-hybridized carbons (Fsp3) is 0. The first-order valence-corrected chi connectivity index (χ1v) is 3.76. The minimum absolute atomic E-state index is 0.355. The van der Waals surface area contributed by atoms with Gasteiger partial charge in [-0.1, -0.05) is 30.3 Å². The van der Waals surface area contributed by atoms with Gasteiger partial charge in [-0.15, -0.1) is 0 Å². The van der Waals surface area contributed by atoms with E-state index < -0.39 is 6.08 Å². The molecule has 0 atom stereocenters. The Morgan fingerprint density at radius 2 is 1.77 bits per heavy atom. The monoisotopic (exact) mass is 175 g/mol. The van der Waals surface area contributed by atoms with Gasteiger partial charge in [0.1, 0.15) is 6.33 Å². The molecule has 0 aliphatic rings. The highest BCUT2D eigenvalue weighted by atomic mass is 19.1. The van der Waals surface area contributed by atoms with Crippen molar-refractivity contribution in [3.8, 4) is 11.4 Å². The molecule has 0 amide bonds. The lowest BCUT2D eigenvalue weighted by Gasteiger charge is -1.96. The zero-order chi connectivity index (χ0) is 9.10. The van der Waals surface area contributed by atoms with Gasteiger partial charge in [-0.2, -0.15) is 14.4 Å². The largest absolute Gasteiger partial charge is 0.312 e. The second-order valence-electron chi connectivity index (χ2n) is 2.44. The molecule has 3 nitrogen and oxygen atoms in total. The summed E-state index contributed by atoms with van der Waals surface area (Å²) in [6.07, 6.45) is 0.402. The Bertz CT molecular complexity index is 403. The summed E-state index contributed by atoms with van der Waals surface area (Å²) >= 11 is 0. The number of hydrogen-bond donors (Lipinski definition) is 0. The summed E-state index contributed by atoms with van der Waals surface area (Å²) in [4.78, 5) is 10.7. The van der Waals surface area contributed by atoms with E-state index in [4.69, 9.17) is 0 Å². The minimum atomic E-state index is -0.756. The summed E-state index contributed by atoms with van der Waals surface area (Å²) in [7, 11) is 0. The molecule has 0 aliphatic carbocycles. The molecule has 0 bridgehead atoms. The van der Waals surface area contributed by atoms with Gasteiger partial charge in [0.15, 0.2) is 5.82 Å². The average molecular weight is 175 g/mol. The third-order valence-corrected chi connectivity index (χ3v) is 1.57. The van der Waals surface area contributed by atoms with Crippen LogP contribution in [0.5, 0.6) is 0 Å². The molecule has 0 aliphatic heterocycles. The number of nitrogens with zero attached hydrogens (tertiary/aromatic N) is 3. The summed E-state index contributed by atoms with van der Waals surface area (Å²) in [6.45, 7) is 0. The van der Waals surface area contributed by atoms with E-state index in [9.17, 15) is 4.39 Å². The van der Waals surface area contributed by atoms with Crippen LogP contribution in [0.3, 0.4) is 0 Å². The average Bonchev–Trinajstić information content (AvgIpc) is 2.19. The molecule has 0 radical (unpaired) electrons. The molecule has 0 unspecified atom stereocenters. The molecule has 2 rings (SSSR count). The van der Waals surface area contributed by atoms with Gasteiger partial charge in [-0.3, -0.25) is 0 Å². The van der Waals surface area contributed by atoms with Crippen LogP contribution in [0.2, 0.25) is 0 Å². The highest BCUT2D eigenvalue weighted by Crippen LogP contribution is 2.11. The highest BCUT2D eigenvalue weighted by Gasteiger charge is 2.00. The Morgan fingerprint density at radius 3 is 2.46 bits per heavy atom. The summed E-state index contributed by atoms with van der Waals surface area (Å²) in [5, 5.41) is 0. The van der Waals surface area contributed by atoms with Crippen LogP contribution < -0.4 is 0 Å². The first-order valence-electron chi connectivity index (χ1n) is 3.76. The summed E-state index contributed by atoms with van der Waals surface area (Å²) < 4.78 is 12.6. The second-order valence-corrected chi connectivity index (χ2v) is 2.44. The predicted octanol–water partition coefficient (Wildman–Crippen LogP) is 1.68. The first kappa shape index (κ1) is 7.79. The van der Waals surface area contributed by atoms with Crippen molar-refractivity contribution in [2.24, 2.45) is 0 Å². The van der Waals surface area contributed by atoms with Crippen molar-refractivity contribution >= 4 is 0 Å². The standard InChI is InChI=1S/C9H6FN3/c10-9-12-6-11-8(13-9)7-4-2-1-3-5-7/h1-6H. The number of hydrogen-bond acceptors (Lipinski definition) is 3. The fourth-order valence-electron chi connectivity index (χ4n) is 1.00. The van der Waals surface area contributed by atoms with E-state index in [2.05, 4.69) is 15.0 Å². The summed E-state index contributed by atoms with van der Waals surface area (Å²) in [5.74, 6) is 0.355. The van der Waals surface area contributed by atoms with Crippen LogP contribution in [0.15, 0.2) is 36.7 Å². The van der Waals surface area contributed by atoms with Crippen LogP contribution >= 0.6 is 0 Å². The van der Waals surface area contributed by atoms with Crippen molar-refractivity contribution in [2.45, 2.75) is 0 Å². The van der Waals surface area contributed by atoms with Crippen molar-refractivity contribution in [3.63, 3.8) is 0 Å². The lowest BCUT2D eigenvalue weighted by Crippen LogP contribution is -1.94. The molecule has 0 saturated carbocycles. The van der Waals surface area contributed by atoms with Gasteiger partial charge in [0, 0.05) is 5.56 Å².